The van der Waals surface area contributed by atoms with E-state index in [9.17, 15) is 4.79 Å². The van der Waals surface area contributed by atoms with Gasteiger partial charge in [0.1, 0.15) is 0 Å². The molecule has 0 unspecified atom stereocenters. The number of hydrogen-bond donors (Lipinski definition) is 1. The van der Waals surface area contributed by atoms with Gasteiger partial charge in [-0.05, 0) is 44.0 Å². The van der Waals surface area contributed by atoms with Crippen molar-refractivity contribution in [1.82, 2.24) is 5.32 Å². The lowest BCUT2D eigenvalue weighted by atomic mass is 10.00. The number of aryl methyl sites for hydroxylation is 2. The molecule has 0 aromatic heterocycles. The zero-order valence-electron chi connectivity index (χ0n) is 13.4. The third-order valence-electron chi connectivity index (χ3n) is 3.62. The number of hydrogen-bond acceptors (Lipinski definition) is 2. The summed E-state index contributed by atoms with van der Waals surface area (Å²) >= 11 is 1.72. The molecule has 1 atom stereocenters. The summed E-state index contributed by atoms with van der Waals surface area (Å²) in [6, 6.07) is 16.6. The minimum Gasteiger partial charge on any atom is -0.350 e. The number of benzene rings is 2. The first-order chi connectivity index (χ1) is 10.6. The van der Waals surface area contributed by atoms with Crippen LogP contribution < -0.4 is 5.32 Å². The zero-order valence-corrected chi connectivity index (χ0v) is 14.2. The van der Waals surface area contributed by atoms with Crippen LogP contribution in [0.3, 0.4) is 0 Å². The molecule has 1 amide bonds. The quantitative estimate of drug-likeness (QED) is 0.786. The maximum Gasteiger partial charge on any atom is 0.221 e. The fourth-order valence-corrected chi connectivity index (χ4v) is 3.27. The highest BCUT2D eigenvalue weighted by molar-refractivity contribution is 7.99. The van der Waals surface area contributed by atoms with Crippen LogP contribution in [0.1, 0.15) is 36.1 Å². The summed E-state index contributed by atoms with van der Waals surface area (Å²) in [7, 11) is 0. The Morgan fingerprint density at radius 3 is 2.59 bits per heavy atom. The molecular weight excluding hydrogens is 290 g/mol. The van der Waals surface area contributed by atoms with Crippen LogP contribution in [0.5, 0.6) is 0 Å². The lowest BCUT2D eigenvalue weighted by molar-refractivity contribution is -0.121. The van der Waals surface area contributed by atoms with Gasteiger partial charge in [-0.3, -0.25) is 4.79 Å². The summed E-state index contributed by atoms with van der Waals surface area (Å²) in [5, 5.41) is 3.10. The molecule has 0 radical (unpaired) electrons. The van der Waals surface area contributed by atoms with Gasteiger partial charge in [-0.25, -0.2) is 0 Å². The summed E-state index contributed by atoms with van der Waals surface area (Å²) in [5.74, 6) is 0.909. The average Bonchev–Trinajstić information content (AvgIpc) is 2.50. The van der Waals surface area contributed by atoms with Crippen molar-refractivity contribution in [2.24, 2.45) is 0 Å². The largest absolute Gasteiger partial charge is 0.350 e. The lowest BCUT2D eigenvalue weighted by Gasteiger charge is -2.17. The first-order valence-electron chi connectivity index (χ1n) is 7.60. The van der Waals surface area contributed by atoms with E-state index in [4.69, 9.17) is 0 Å². The molecule has 0 saturated carbocycles. The summed E-state index contributed by atoms with van der Waals surface area (Å²) in [6.07, 6.45) is 0.536. The molecule has 2 aromatic rings. The minimum absolute atomic E-state index is 0.0501. The molecule has 0 aliphatic rings. The third kappa shape index (κ3) is 4.92. The van der Waals surface area contributed by atoms with E-state index < -0.39 is 0 Å². The maximum atomic E-state index is 12.1. The van der Waals surface area contributed by atoms with Crippen molar-refractivity contribution < 1.29 is 4.79 Å². The fourth-order valence-electron chi connectivity index (χ4n) is 2.40. The van der Waals surface area contributed by atoms with Crippen molar-refractivity contribution in [2.75, 3.05) is 5.75 Å². The Hall–Kier alpha value is -1.74. The lowest BCUT2D eigenvalue weighted by Crippen LogP contribution is -2.27. The second kappa shape index (κ2) is 8.04. The van der Waals surface area contributed by atoms with E-state index in [-0.39, 0.29) is 11.9 Å². The molecule has 0 bridgehead atoms. The number of carbonyl (C=O) groups is 1. The fraction of sp³-hybridized carbons (Fsp3) is 0.316. The summed E-state index contributed by atoms with van der Waals surface area (Å²) in [6.45, 7) is 6.21. The van der Waals surface area contributed by atoms with E-state index >= 15 is 0 Å². The number of amides is 1. The van der Waals surface area contributed by atoms with Crippen LogP contribution in [0, 0.1) is 13.8 Å². The zero-order chi connectivity index (χ0) is 15.9. The van der Waals surface area contributed by atoms with Gasteiger partial charge in [-0.15, -0.1) is 11.8 Å². The molecule has 0 fully saturated rings. The molecule has 0 saturated heterocycles. The molecule has 0 aliphatic carbocycles. The molecule has 0 aliphatic heterocycles. The van der Waals surface area contributed by atoms with Gasteiger partial charge in [-0.1, -0.05) is 42.0 Å². The number of carbonyl (C=O) groups excluding carboxylic acids is 1. The van der Waals surface area contributed by atoms with Crippen LogP contribution in [-0.4, -0.2) is 11.7 Å². The Morgan fingerprint density at radius 2 is 1.86 bits per heavy atom. The summed E-state index contributed by atoms with van der Waals surface area (Å²) in [4.78, 5) is 13.3. The molecule has 1 N–H and O–H groups in total. The van der Waals surface area contributed by atoms with E-state index in [0.29, 0.717) is 6.42 Å². The van der Waals surface area contributed by atoms with Crippen LogP contribution in [0.25, 0.3) is 0 Å². The molecule has 116 valence electrons. The first-order valence-corrected chi connectivity index (χ1v) is 8.59. The monoisotopic (exact) mass is 313 g/mol. The van der Waals surface area contributed by atoms with E-state index in [1.165, 1.54) is 21.6 Å². The van der Waals surface area contributed by atoms with Crippen molar-refractivity contribution in [3.05, 3.63) is 65.2 Å². The molecular formula is C19H23NOS. The van der Waals surface area contributed by atoms with Gasteiger partial charge < -0.3 is 5.32 Å². The van der Waals surface area contributed by atoms with Crippen molar-refractivity contribution in [1.29, 1.82) is 0 Å². The van der Waals surface area contributed by atoms with Gasteiger partial charge in [0, 0.05) is 17.1 Å². The van der Waals surface area contributed by atoms with Crippen LogP contribution in [0.4, 0.5) is 0 Å². The van der Waals surface area contributed by atoms with Crippen molar-refractivity contribution in [3.63, 3.8) is 0 Å². The smallest absolute Gasteiger partial charge is 0.221 e. The predicted octanol–water partition coefficient (Wildman–Crippen LogP) is 4.66. The Bertz CT molecular complexity index is 625. The first kappa shape index (κ1) is 16.6. The number of nitrogens with one attached hydrogen (secondary N) is 1. The molecule has 2 aromatic carbocycles. The molecule has 2 nitrogen and oxygen atoms in total. The number of rotatable bonds is 6. The molecule has 22 heavy (non-hydrogen) atoms. The Morgan fingerprint density at radius 1 is 1.14 bits per heavy atom. The van der Waals surface area contributed by atoms with Gasteiger partial charge in [0.25, 0.3) is 0 Å². The van der Waals surface area contributed by atoms with Gasteiger partial charge in [-0.2, -0.15) is 0 Å². The molecule has 2 rings (SSSR count). The summed E-state index contributed by atoms with van der Waals surface area (Å²) < 4.78 is 0. The highest BCUT2D eigenvalue weighted by Crippen LogP contribution is 2.20. The van der Waals surface area contributed by atoms with Crippen LogP contribution >= 0.6 is 11.8 Å². The van der Waals surface area contributed by atoms with Gasteiger partial charge in [0.05, 0.1) is 6.04 Å². The molecule has 0 spiro atoms. The van der Waals surface area contributed by atoms with Crippen LogP contribution in [-0.2, 0) is 4.79 Å². The van der Waals surface area contributed by atoms with Gasteiger partial charge >= 0.3 is 0 Å². The highest BCUT2D eigenvalue weighted by atomic mass is 32.2. The normalized spacial score (nSPS) is 12.0. The standard InChI is InChI=1S/C19H23NOS/c1-14-9-10-15(2)18(13-14)16(3)20-19(21)11-12-22-17-7-5-4-6-8-17/h4-10,13,16H,11-12H2,1-3H3,(H,20,21)/t16-/m0/s1. The molecule has 3 heteroatoms. The Balaban J connectivity index is 1.82. The second-order valence-electron chi connectivity index (χ2n) is 5.56. The Kier molecular flexibility index (Phi) is 6.08. The molecule has 0 heterocycles. The third-order valence-corrected chi connectivity index (χ3v) is 4.63. The minimum atomic E-state index is 0.0501. The average molecular weight is 313 g/mol. The summed E-state index contributed by atoms with van der Waals surface area (Å²) in [5.41, 5.74) is 3.64. The van der Waals surface area contributed by atoms with Crippen molar-refractivity contribution in [3.8, 4) is 0 Å². The second-order valence-corrected chi connectivity index (χ2v) is 6.73. The van der Waals surface area contributed by atoms with Gasteiger partial charge in [0.15, 0.2) is 0 Å². The Labute approximate surface area is 137 Å². The SMILES string of the molecule is Cc1ccc(C)c([C@H](C)NC(=O)CCSc2ccccc2)c1. The van der Waals surface area contributed by atoms with E-state index in [1.54, 1.807) is 11.8 Å². The van der Waals surface area contributed by atoms with Crippen molar-refractivity contribution in [2.45, 2.75) is 38.1 Å². The topological polar surface area (TPSA) is 29.1 Å². The number of thioether (sulfide) groups is 1. The van der Waals surface area contributed by atoms with E-state index in [1.807, 2.05) is 25.1 Å². The maximum absolute atomic E-state index is 12.1. The van der Waals surface area contributed by atoms with E-state index in [2.05, 4.69) is 49.5 Å². The van der Waals surface area contributed by atoms with Crippen molar-refractivity contribution >= 4 is 17.7 Å². The highest BCUT2D eigenvalue weighted by Gasteiger charge is 2.11. The predicted molar refractivity (Wildman–Crippen MR) is 94.3 cm³/mol. The van der Waals surface area contributed by atoms with Crippen LogP contribution in [0.15, 0.2) is 53.4 Å². The van der Waals surface area contributed by atoms with E-state index in [0.717, 1.165) is 5.75 Å². The van der Waals surface area contributed by atoms with Gasteiger partial charge in [0.2, 0.25) is 5.91 Å². The van der Waals surface area contributed by atoms with Crippen LogP contribution in [0.2, 0.25) is 0 Å².